The molecule has 0 radical (unpaired) electrons. The number of nitrogens with one attached hydrogen (secondary N) is 1. The molecule has 0 saturated heterocycles. The zero-order chi connectivity index (χ0) is 20.5. The number of esters is 1. The molecular formula is C20H21ClN2O5. The van der Waals surface area contributed by atoms with E-state index < -0.39 is 10.9 Å². The molecule has 28 heavy (non-hydrogen) atoms. The Hall–Kier alpha value is -2.93. The van der Waals surface area contributed by atoms with Crippen molar-refractivity contribution in [1.29, 1.82) is 0 Å². The third kappa shape index (κ3) is 6.35. The van der Waals surface area contributed by atoms with E-state index in [1.165, 1.54) is 18.2 Å². The number of nitro benzene ring substituents is 1. The summed E-state index contributed by atoms with van der Waals surface area (Å²) < 4.78 is 4.89. The SMILES string of the molecule is CCOC(=O)c1ccc([N+](=O)[O-])c(NC(=O)CCCCc2cccc(Cl)c2)c1. The molecule has 0 bridgehead atoms. The van der Waals surface area contributed by atoms with E-state index in [1.807, 2.05) is 18.2 Å². The van der Waals surface area contributed by atoms with Crippen molar-refractivity contribution in [1.82, 2.24) is 0 Å². The summed E-state index contributed by atoms with van der Waals surface area (Å²) in [5.74, 6) is -0.954. The van der Waals surface area contributed by atoms with Crippen LogP contribution in [0.2, 0.25) is 5.02 Å². The van der Waals surface area contributed by atoms with E-state index in [9.17, 15) is 19.7 Å². The summed E-state index contributed by atoms with van der Waals surface area (Å²) in [6, 6.07) is 11.3. The minimum absolute atomic E-state index is 0.0182. The van der Waals surface area contributed by atoms with Crippen LogP contribution in [-0.4, -0.2) is 23.4 Å². The van der Waals surface area contributed by atoms with Gasteiger partial charge in [0.05, 0.1) is 17.1 Å². The van der Waals surface area contributed by atoms with Crippen LogP contribution < -0.4 is 5.32 Å². The number of rotatable bonds is 9. The number of unbranched alkanes of at least 4 members (excludes halogenated alkanes) is 1. The Balaban J connectivity index is 1.94. The number of nitrogens with zero attached hydrogens (tertiary/aromatic N) is 1. The molecule has 0 saturated carbocycles. The van der Waals surface area contributed by atoms with Crippen molar-refractivity contribution in [3.63, 3.8) is 0 Å². The Morgan fingerprint density at radius 3 is 2.64 bits per heavy atom. The molecule has 8 heteroatoms. The van der Waals surface area contributed by atoms with Gasteiger partial charge >= 0.3 is 5.97 Å². The van der Waals surface area contributed by atoms with Crippen LogP contribution in [0, 0.1) is 10.1 Å². The van der Waals surface area contributed by atoms with E-state index in [0.29, 0.717) is 11.4 Å². The first kappa shape index (κ1) is 21.4. The highest BCUT2D eigenvalue weighted by molar-refractivity contribution is 6.30. The first-order valence-electron chi connectivity index (χ1n) is 8.90. The van der Waals surface area contributed by atoms with E-state index in [-0.39, 0.29) is 35.9 Å². The molecule has 2 aromatic rings. The van der Waals surface area contributed by atoms with Crippen LogP contribution in [0.15, 0.2) is 42.5 Å². The maximum Gasteiger partial charge on any atom is 0.338 e. The van der Waals surface area contributed by atoms with Gasteiger partial charge in [0, 0.05) is 17.5 Å². The maximum atomic E-state index is 12.2. The number of hydrogen-bond donors (Lipinski definition) is 1. The number of anilines is 1. The lowest BCUT2D eigenvalue weighted by atomic mass is 10.1. The lowest BCUT2D eigenvalue weighted by molar-refractivity contribution is -0.383. The summed E-state index contributed by atoms with van der Waals surface area (Å²) in [7, 11) is 0. The highest BCUT2D eigenvalue weighted by Crippen LogP contribution is 2.26. The van der Waals surface area contributed by atoms with Gasteiger partial charge in [-0.1, -0.05) is 23.7 Å². The quantitative estimate of drug-likeness (QED) is 0.281. The van der Waals surface area contributed by atoms with Gasteiger partial charge in [-0.2, -0.15) is 0 Å². The molecule has 0 aliphatic heterocycles. The van der Waals surface area contributed by atoms with E-state index >= 15 is 0 Å². The first-order chi connectivity index (χ1) is 13.4. The summed E-state index contributed by atoms with van der Waals surface area (Å²) in [4.78, 5) is 34.6. The molecule has 148 valence electrons. The molecule has 2 aromatic carbocycles. The molecule has 1 N–H and O–H groups in total. The van der Waals surface area contributed by atoms with Crippen LogP contribution in [0.3, 0.4) is 0 Å². The smallest absolute Gasteiger partial charge is 0.338 e. The average Bonchev–Trinajstić information content (AvgIpc) is 2.65. The van der Waals surface area contributed by atoms with Crippen LogP contribution in [0.25, 0.3) is 0 Å². The summed E-state index contributed by atoms with van der Waals surface area (Å²) in [6.07, 6.45) is 2.39. The van der Waals surface area contributed by atoms with Crippen molar-refractivity contribution in [2.75, 3.05) is 11.9 Å². The third-order valence-corrected chi connectivity index (χ3v) is 4.22. The second kappa shape index (κ2) is 10.4. The molecule has 0 spiro atoms. The van der Waals surface area contributed by atoms with Crippen molar-refractivity contribution in [2.24, 2.45) is 0 Å². The third-order valence-electron chi connectivity index (χ3n) is 3.99. The van der Waals surface area contributed by atoms with Gasteiger partial charge in [0.25, 0.3) is 5.69 Å². The Bertz CT molecular complexity index is 869. The van der Waals surface area contributed by atoms with Gasteiger partial charge in [-0.15, -0.1) is 0 Å². The zero-order valence-corrected chi connectivity index (χ0v) is 16.2. The summed E-state index contributed by atoms with van der Waals surface area (Å²) in [5.41, 5.74) is 0.935. The minimum atomic E-state index is -0.607. The number of carbonyl (C=O) groups is 2. The number of amides is 1. The number of aryl methyl sites for hydroxylation is 1. The molecule has 0 fully saturated rings. The second-order valence-electron chi connectivity index (χ2n) is 6.09. The fraction of sp³-hybridized carbons (Fsp3) is 0.300. The molecule has 0 unspecified atom stereocenters. The van der Waals surface area contributed by atoms with E-state index in [0.717, 1.165) is 18.4 Å². The number of ether oxygens (including phenoxy) is 1. The van der Waals surface area contributed by atoms with Crippen molar-refractivity contribution < 1.29 is 19.2 Å². The Labute approximate surface area is 167 Å². The van der Waals surface area contributed by atoms with Crippen LogP contribution in [-0.2, 0) is 16.0 Å². The van der Waals surface area contributed by atoms with Gasteiger partial charge in [0.1, 0.15) is 5.69 Å². The Morgan fingerprint density at radius 2 is 1.96 bits per heavy atom. The molecule has 0 aliphatic rings. The fourth-order valence-electron chi connectivity index (χ4n) is 2.66. The van der Waals surface area contributed by atoms with Crippen LogP contribution >= 0.6 is 11.6 Å². The monoisotopic (exact) mass is 404 g/mol. The average molecular weight is 405 g/mol. The topological polar surface area (TPSA) is 98.5 Å². The summed E-state index contributed by atoms with van der Waals surface area (Å²) in [6.45, 7) is 1.85. The highest BCUT2D eigenvalue weighted by atomic mass is 35.5. The van der Waals surface area contributed by atoms with Crippen molar-refractivity contribution in [3.8, 4) is 0 Å². The Morgan fingerprint density at radius 1 is 1.18 bits per heavy atom. The standard InChI is InChI=1S/C20H21ClN2O5/c1-2-28-20(25)15-10-11-18(23(26)27)17(13-15)22-19(24)9-4-3-6-14-7-5-8-16(21)12-14/h5,7-8,10-13H,2-4,6,9H2,1H3,(H,22,24). The molecule has 0 atom stereocenters. The van der Waals surface area contributed by atoms with Gasteiger partial charge in [-0.25, -0.2) is 4.79 Å². The van der Waals surface area contributed by atoms with Crippen molar-refractivity contribution in [3.05, 3.63) is 68.7 Å². The number of halogens is 1. The summed E-state index contributed by atoms with van der Waals surface area (Å²) >= 11 is 5.94. The zero-order valence-electron chi connectivity index (χ0n) is 15.4. The predicted molar refractivity (Wildman–Crippen MR) is 107 cm³/mol. The number of nitro groups is 1. The van der Waals surface area contributed by atoms with Crippen LogP contribution in [0.5, 0.6) is 0 Å². The molecular weight excluding hydrogens is 384 g/mol. The highest BCUT2D eigenvalue weighted by Gasteiger charge is 2.19. The largest absolute Gasteiger partial charge is 0.462 e. The van der Waals surface area contributed by atoms with Gasteiger partial charge in [0.15, 0.2) is 0 Å². The van der Waals surface area contributed by atoms with Crippen LogP contribution in [0.1, 0.15) is 42.1 Å². The van der Waals surface area contributed by atoms with E-state index in [1.54, 1.807) is 13.0 Å². The van der Waals surface area contributed by atoms with E-state index in [4.69, 9.17) is 16.3 Å². The molecule has 0 aromatic heterocycles. The molecule has 0 heterocycles. The number of carbonyl (C=O) groups excluding carboxylic acids is 2. The predicted octanol–water partition coefficient (Wildman–Crippen LogP) is 4.78. The lowest BCUT2D eigenvalue weighted by Crippen LogP contribution is -2.14. The molecule has 0 aliphatic carbocycles. The van der Waals surface area contributed by atoms with Gasteiger partial charge in [0.2, 0.25) is 5.91 Å². The number of hydrogen-bond acceptors (Lipinski definition) is 5. The fourth-order valence-corrected chi connectivity index (χ4v) is 2.87. The van der Waals surface area contributed by atoms with Gasteiger partial charge in [-0.3, -0.25) is 14.9 Å². The normalized spacial score (nSPS) is 10.4. The number of benzene rings is 2. The molecule has 1 amide bonds. The van der Waals surface area contributed by atoms with Gasteiger partial charge < -0.3 is 10.1 Å². The maximum absolute atomic E-state index is 12.2. The Kier molecular flexibility index (Phi) is 7.95. The minimum Gasteiger partial charge on any atom is -0.462 e. The molecule has 2 rings (SSSR count). The van der Waals surface area contributed by atoms with E-state index in [2.05, 4.69) is 5.32 Å². The van der Waals surface area contributed by atoms with Crippen molar-refractivity contribution in [2.45, 2.75) is 32.6 Å². The second-order valence-corrected chi connectivity index (χ2v) is 6.53. The van der Waals surface area contributed by atoms with Gasteiger partial charge in [-0.05, 0) is 56.0 Å². The summed E-state index contributed by atoms with van der Waals surface area (Å²) in [5, 5.41) is 14.4. The molecule has 7 nitrogen and oxygen atoms in total. The van der Waals surface area contributed by atoms with Crippen molar-refractivity contribution >= 4 is 34.9 Å². The first-order valence-corrected chi connectivity index (χ1v) is 9.28. The lowest BCUT2D eigenvalue weighted by Gasteiger charge is -2.08. The van der Waals surface area contributed by atoms with Crippen LogP contribution in [0.4, 0.5) is 11.4 Å².